The van der Waals surface area contributed by atoms with E-state index in [1.165, 1.54) is 5.56 Å². The van der Waals surface area contributed by atoms with Crippen molar-refractivity contribution >= 4 is 5.97 Å². The molecule has 4 heteroatoms. The fraction of sp³-hybridized carbons (Fsp3) is 0.562. The first-order valence-electron chi connectivity index (χ1n) is 7.06. The van der Waals surface area contributed by atoms with Gasteiger partial charge < -0.3 is 14.4 Å². The average molecular weight is 279 g/mol. The number of rotatable bonds is 8. The minimum Gasteiger partial charge on any atom is -0.496 e. The number of nitrogens with zero attached hydrogens (tertiary/aromatic N) is 1. The van der Waals surface area contributed by atoms with Gasteiger partial charge in [0.2, 0.25) is 0 Å². The molecule has 1 rings (SSSR count). The van der Waals surface area contributed by atoms with Crippen molar-refractivity contribution in [2.75, 3.05) is 27.3 Å². The van der Waals surface area contributed by atoms with E-state index < -0.39 is 0 Å². The van der Waals surface area contributed by atoms with Crippen molar-refractivity contribution in [3.63, 3.8) is 0 Å². The number of para-hydroxylation sites is 1. The standard InChI is InChI=1S/C16H25NO3/c1-5-20-16(18)10-11-17(3)13(2)12-14-8-6-7-9-15(14)19-4/h6-9,13H,5,10-12H2,1-4H3. The van der Waals surface area contributed by atoms with Crippen molar-refractivity contribution < 1.29 is 14.3 Å². The van der Waals surface area contributed by atoms with Gasteiger partial charge in [-0.25, -0.2) is 0 Å². The molecule has 20 heavy (non-hydrogen) atoms. The summed E-state index contributed by atoms with van der Waals surface area (Å²) in [4.78, 5) is 13.5. The summed E-state index contributed by atoms with van der Waals surface area (Å²) in [6.07, 6.45) is 1.32. The maximum Gasteiger partial charge on any atom is 0.307 e. The van der Waals surface area contributed by atoms with Crippen LogP contribution in [0.2, 0.25) is 0 Å². The van der Waals surface area contributed by atoms with Gasteiger partial charge in [-0.3, -0.25) is 4.79 Å². The van der Waals surface area contributed by atoms with Gasteiger partial charge in [-0.05, 0) is 38.9 Å². The molecule has 0 fully saturated rings. The Kier molecular flexibility index (Phi) is 7.09. The molecule has 0 bridgehead atoms. The van der Waals surface area contributed by atoms with Crippen LogP contribution in [0.15, 0.2) is 24.3 Å². The first-order valence-corrected chi connectivity index (χ1v) is 7.06. The van der Waals surface area contributed by atoms with Crippen LogP contribution in [-0.2, 0) is 16.0 Å². The SMILES string of the molecule is CCOC(=O)CCN(C)C(C)Cc1ccccc1OC. The maximum atomic E-state index is 11.4. The molecule has 0 amide bonds. The number of carbonyl (C=O) groups is 1. The summed E-state index contributed by atoms with van der Waals surface area (Å²) in [5.74, 6) is 0.780. The summed E-state index contributed by atoms with van der Waals surface area (Å²) in [6, 6.07) is 8.37. The molecule has 1 unspecified atom stereocenters. The molecule has 1 aromatic carbocycles. The van der Waals surface area contributed by atoms with Crippen molar-refractivity contribution in [3.05, 3.63) is 29.8 Å². The fourth-order valence-corrected chi connectivity index (χ4v) is 2.07. The molecule has 0 N–H and O–H groups in total. The van der Waals surface area contributed by atoms with Crippen LogP contribution in [0, 0.1) is 0 Å². The van der Waals surface area contributed by atoms with Crippen molar-refractivity contribution in [1.82, 2.24) is 4.90 Å². The third-order valence-corrected chi connectivity index (χ3v) is 3.43. The fourth-order valence-electron chi connectivity index (χ4n) is 2.07. The molecular weight excluding hydrogens is 254 g/mol. The Balaban J connectivity index is 2.48. The van der Waals surface area contributed by atoms with Gasteiger partial charge in [0.1, 0.15) is 5.75 Å². The highest BCUT2D eigenvalue weighted by Gasteiger charge is 2.14. The second kappa shape index (κ2) is 8.59. The summed E-state index contributed by atoms with van der Waals surface area (Å²) in [5.41, 5.74) is 1.19. The van der Waals surface area contributed by atoms with Crippen LogP contribution in [0.1, 0.15) is 25.8 Å². The number of likely N-dealkylation sites (N-methyl/N-ethyl adjacent to an activating group) is 1. The van der Waals surface area contributed by atoms with E-state index in [1.54, 1.807) is 7.11 Å². The molecule has 0 spiro atoms. The summed E-state index contributed by atoms with van der Waals surface area (Å²) in [6.45, 7) is 5.12. The van der Waals surface area contributed by atoms with Crippen molar-refractivity contribution in [2.24, 2.45) is 0 Å². The van der Waals surface area contributed by atoms with Crippen LogP contribution in [0.4, 0.5) is 0 Å². The summed E-state index contributed by atoms with van der Waals surface area (Å²) < 4.78 is 10.3. The molecule has 0 heterocycles. The predicted octanol–water partition coefficient (Wildman–Crippen LogP) is 2.51. The number of carbonyl (C=O) groups excluding carboxylic acids is 1. The molecule has 1 aromatic rings. The molecule has 0 radical (unpaired) electrons. The number of esters is 1. The lowest BCUT2D eigenvalue weighted by atomic mass is 10.1. The van der Waals surface area contributed by atoms with Crippen molar-refractivity contribution in [1.29, 1.82) is 0 Å². The first kappa shape index (κ1) is 16.5. The number of hydrogen-bond acceptors (Lipinski definition) is 4. The molecule has 0 saturated heterocycles. The lowest BCUT2D eigenvalue weighted by Crippen LogP contribution is -2.33. The Hall–Kier alpha value is -1.55. The average Bonchev–Trinajstić information content (AvgIpc) is 2.45. The van der Waals surface area contributed by atoms with Gasteiger partial charge >= 0.3 is 5.97 Å². The Labute approximate surface area is 121 Å². The molecule has 0 aromatic heterocycles. The molecule has 4 nitrogen and oxygen atoms in total. The summed E-state index contributed by atoms with van der Waals surface area (Å²) in [5, 5.41) is 0. The van der Waals surface area contributed by atoms with E-state index in [2.05, 4.69) is 17.9 Å². The molecule has 0 aliphatic carbocycles. The first-order chi connectivity index (χ1) is 9.58. The highest BCUT2D eigenvalue weighted by molar-refractivity contribution is 5.69. The zero-order chi connectivity index (χ0) is 15.0. The largest absolute Gasteiger partial charge is 0.496 e. The predicted molar refractivity (Wildman–Crippen MR) is 80.0 cm³/mol. The molecule has 1 atom stereocenters. The Morgan fingerprint density at radius 1 is 1.35 bits per heavy atom. The van der Waals surface area contributed by atoms with Crippen LogP contribution in [0.25, 0.3) is 0 Å². The summed E-state index contributed by atoms with van der Waals surface area (Å²) in [7, 11) is 3.72. The van der Waals surface area contributed by atoms with E-state index in [-0.39, 0.29) is 5.97 Å². The second-order valence-electron chi connectivity index (χ2n) is 4.90. The van der Waals surface area contributed by atoms with E-state index in [1.807, 2.05) is 32.2 Å². The number of benzene rings is 1. The normalized spacial score (nSPS) is 12.2. The second-order valence-corrected chi connectivity index (χ2v) is 4.90. The Morgan fingerprint density at radius 2 is 2.05 bits per heavy atom. The molecule has 112 valence electrons. The quantitative estimate of drug-likeness (QED) is 0.685. The van der Waals surface area contributed by atoms with Gasteiger partial charge in [-0.15, -0.1) is 0 Å². The van der Waals surface area contributed by atoms with Gasteiger partial charge in [-0.2, -0.15) is 0 Å². The van der Waals surface area contributed by atoms with Crippen LogP contribution >= 0.6 is 0 Å². The lowest BCUT2D eigenvalue weighted by molar-refractivity contribution is -0.143. The molecule has 0 saturated carbocycles. The van der Waals surface area contributed by atoms with Crippen LogP contribution < -0.4 is 4.74 Å². The molecule has 0 aliphatic rings. The van der Waals surface area contributed by atoms with Crippen molar-refractivity contribution in [3.8, 4) is 5.75 Å². The van der Waals surface area contributed by atoms with E-state index in [4.69, 9.17) is 9.47 Å². The molecular formula is C16H25NO3. The highest BCUT2D eigenvalue weighted by atomic mass is 16.5. The third kappa shape index (κ3) is 5.21. The Bertz CT molecular complexity index is 420. The van der Waals surface area contributed by atoms with Gasteiger partial charge in [0.05, 0.1) is 20.1 Å². The van der Waals surface area contributed by atoms with E-state index >= 15 is 0 Å². The smallest absolute Gasteiger partial charge is 0.307 e. The minimum atomic E-state index is -0.135. The number of ether oxygens (including phenoxy) is 2. The lowest BCUT2D eigenvalue weighted by Gasteiger charge is -2.25. The van der Waals surface area contributed by atoms with E-state index in [9.17, 15) is 4.79 Å². The van der Waals surface area contributed by atoms with Gasteiger partial charge in [-0.1, -0.05) is 18.2 Å². The van der Waals surface area contributed by atoms with Gasteiger partial charge in [0, 0.05) is 12.6 Å². The highest BCUT2D eigenvalue weighted by Crippen LogP contribution is 2.20. The van der Waals surface area contributed by atoms with Gasteiger partial charge in [0.15, 0.2) is 0 Å². The van der Waals surface area contributed by atoms with Crippen LogP contribution in [0.5, 0.6) is 5.75 Å². The van der Waals surface area contributed by atoms with E-state index in [0.29, 0.717) is 25.6 Å². The Morgan fingerprint density at radius 3 is 2.70 bits per heavy atom. The monoisotopic (exact) mass is 279 g/mol. The number of hydrogen-bond donors (Lipinski definition) is 0. The van der Waals surface area contributed by atoms with Crippen LogP contribution in [-0.4, -0.2) is 44.2 Å². The number of methoxy groups -OCH3 is 1. The minimum absolute atomic E-state index is 0.135. The topological polar surface area (TPSA) is 38.8 Å². The zero-order valence-corrected chi connectivity index (χ0v) is 12.9. The van der Waals surface area contributed by atoms with Gasteiger partial charge in [0.25, 0.3) is 0 Å². The van der Waals surface area contributed by atoms with E-state index in [0.717, 1.165) is 12.2 Å². The maximum absolute atomic E-state index is 11.4. The zero-order valence-electron chi connectivity index (χ0n) is 12.9. The third-order valence-electron chi connectivity index (χ3n) is 3.43. The molecule has 0 aliphatic heterocycles. The van der Waals surface area contributed by atoms with Crippen molar-refractivity contribution in [2.45, 2.75) is 32.7 Å². The summed E-state index contributed by atoms with van der Waals surface area (Å²) >= 11 is 0. The van der Waals surface area contributed by atoms with Crippen LogP contribution in [0.3, 0.4) is 0 Å².